The van der Waals surface area contributed by atoms with Crippen molar-refractivity contribution < 1.29 is 9.72 Å². The average Bonchev–Trinajstić information content (AvgIpc) is 2.54. The molecule has 0 bridgehead atoms. The van der Waals surface area contributed by atoms with Gasteiger partial charge >= 0.3 is 0 Å². The number of hydrogen-bond donors (Lipinski definition) is 0. The molecule has 136 valence electrons. The van der Waals surface area contributed by atoms with E-state index in [-0.39, 0.29) is 36.3 Å². The largest absolute Gasteiger partial charge is 0.301 e. The van der Waals surface area contributed by atoms with E-state index in [1.54, 1.807) is 12.1 Å². The number of nitrogens with zero attached hydrogens (tertiary/aromatic N) is 3. The number of rotatable bonds is 7. The maximum atomic E-state index is 12.2. The van der Waals surface area contributed by atoms with Gasteiger partial charge in [-0.05, 0) is 13.0 Å². The molecular weight excluding hydrogens is 353 g/mol. The molecule has 1 aliphatic heterocycles. The molecule has 1 saturated heterocycles. The van der Waals surface area contributed by atoms with Gasteiger partial charge < -0.3 is 9.80 Å². The summed E-state index contributed by atoms with van der Waals surface area (Å²) in [6.07, 6.45) is 1.58. The van der Waals surface area contributed by atoms with Crippen LogP contribution < -0.4 is 0 Å². The van der Waals surface area contributed by atoms with Crippen LogP contribution in [0.15, 0.2) is 24.3 Å². The van der Waals surface area contributed by atoms with E-state index in [4.69, 9.17) is 0 Å². The van der Waals surface area contributed by atoms with Crippen LogP contribution in [0.2, 0.25) is 0 Å². The lowest BCUT2D eigenvalue weighted by Gasteiger charge is -2.34. The van der Waals surface area contributed by atoms with Gasteiger partial charge in [-0.1, -0.05) is 19.1 Å². The Kier molecular flexibility index (Phi) is 10.8. The fourth-order valence-electron chi connectivity index (χ4n) is 2.75. The summed E-state index contributed by atoms with van der Waals surface area (Å²) in [6.45, 7) is 8.13. The van der Waals surface area contributed by atoms with Gasteiger partial charge in [-0.15, -0.1) is 24.8 Å². The van der Waals surface area contributed by atoms with Crippen molar-refractivity contribution >= 4 is 36.3 Å². The van der Waals surface area contributed by atoms with Crippen molar-refractivity contribution in [3.63, 3.8) is 0 Å². The molecule has 1 aromatic rings. The summed E-state index contributed by atoms with van der Waals surface area (Å²) in [4.78, 5) is 27.2. The Balaban J connectivity index is 0.00000264. The first-order valence-corrected chi connectivity index (χ1v) is 7.82. The summed E-state index contributed by atoms with van der Waals surface area (Å²) in [5.74, 6) is -0.0281. The second kappa shape index (κ2) is 11.4. The zero-order valence-electron chi connectivity index (χ0n) is 13.8. The Morgan fingerprint density at radius 2 is 1.71 bits per heavy atom. The molecule has 1 aliphatic rings. The predicted octanol–water partition coefficient (Wildman–Crippen LogP) is 3.04. The molecule has 6 nitrogen and oxygen atoms in total. The maximum absolute atomic E-state index is 12.2. The molecule has 2 rings (SSSR count). The Hall–Kier alpha value is -1.21. The van der Waals surface area contributed by atoms with E-state index in [9.17, 15) is 14.9 Å². The van der Waals surface area contributed by atoms with E-state index in [0.29, 0.717) is 12.0 Å². The van der Waals surface area contributed by atoms with Gasteiger partial charge in [0.2, 0.25) is 0 Å². The van der Waals surface area contributed by atoms with E-state index in [0.717, 1.165) is 39.3 Å². The molecule has 0 spiro atoms. The molecular formula is C16H25Cl2N3O3. The second-order valence-corrected chi connectivity index (χ2v) is 5.66. The van der Waals surface area contributed by atoms with Gasteiger partial charge in [0, 0.05) is 56.8 Å². The first kappa shape index (κ1) is 22.8. The van der Waals surface area contributed by atoms with Gasteiger partial charge in [0.25, 0.3) is 5.69 Å². The van der Waals surface area contributed by atoms with Gasteiger partial charge in [-0.2, -0.15) is 0 Å². The number of Topliss-reactive ketones (excluding diaryl/α,β-unsaturated/α-hetero) is 1. The Labute approximate surface area is 155 Å². The number of benzene rings is 1. The molecule has 0 unspecified atom stereocenters. The van der Waals surface area contributed by atoms with E-state index < -0.39 is 4.92 Å². The lowest BCUT2D eigenvalue weighted by atomic mass is 10.1. The van der Waals surface area contributed by atoms with Crippen molar-refractivity contribution in [3.8, 4) is 0 Å². The first-order chi connectivity index (χ1) is 10.6. The average molecular weight is 378 g/mol. The molecule has 0 N–H and O–H groups in total. The quantitative estimate of drug-likeness (QED) is 0.415. The second-order valence-electron chi connectivity index (χ2n) is 5.66. The lowest BCUT2D eigenvalue weighted by molar-refractivity contribution is -0.384. The number of piperazine rings is 1. The Morgan fingerprint density at radius 1 is 1.12 bits per heavy atom. The van der Waals surface area contributed by atoms with E-state index in [2.05, 4.69) is 16.7 Å². The summed E-state index contributed by atoms with van der Waals surface area (Å²) < 4.78 is 0. The smallest absolute Gasteiger partial charge is 0.270 e. The SMILES string of the molecule is CCCN1CCN(CCC(=O)c2cccc([N+](=O)[O-])c2)CC1.Cl.Cl. The maximum Gasteiger partial charge on any atom is 0.270 e. The van der Waals surface area contributed by atoms with Crippen LogP contribution in [0.1, 0.15) is 30.1 Å². The van der Waals surface area contributed by atoms with E-state index in [1.165, 1.54) is 18.6 Å². The van der Waals surface area contributed by atoms with Gasteiger partial charge in [0.1, 0.15) is 0 Å². The summed E-state index contributed by atoms with van der Waals surface area (Å²) in [5.41, 5.74) is 0.401. The van der Waals surface area contributed by atoms with Gasteiger partial charge in [-0.25, -0.2) is 0 Å². The van der Waals surface area contributed by atoms with Crippen molar-refractivity contribution in [3.05, 3.63) is 39.9 Å². The third-order valence-electron chi connectivity index (χ3n) is 4.04. The van der Waals surface area contributed by atoms with Crippen molar-refractivity contribution in [2.24, 2.45) is 0 Å². The minimum atomic E-state index is -0.469. The van der Waals surface area contributed by atoms with E-state index in [1.807, 2.05) is 0 Å². The van der Waals surface area contributed by atoms with Crippen molar-refractivity contribution in [1.82, 2.24) is 9.80 Å². The molecule has 0 aromatic heterocycles. The molecule has 0 atom stereocenters. The highest BCUT2D eigenvalue weighted by molar-refractivity contribution is 5.96. The highest BCUT2D eigenvalue weighted by atomic mass is 35.5. The normalized spacial score (nSPS) is 15.2. The number of carbonyl (C=O) groups is 1. The molecule has 1 aromatic carbocycles. The summed E-state index contributed by atoms with van der Waals surface area (Å²) in [6, 6.07) is 5.98. The number of nitro benzene ring substituents is 1. The number of hydrogen-bond acceptors (Lipinski definition) is 5. The Morgan fingerprint density at radius 3 is 2.25 bits per heavy atom. The highest BCUT2D eigenvalue weighted by Crippen LogP contribution is 2.15. The lowest BCUT2D eigenvalue weighted by Crippen LogP contribution is -2.46. The number of non-ortho nitro benzene ring substituents is 1. The van der Waals surface area contributed by atoms with Crippen LogP contribution in [0.4, 0.5) is 5.69 Å². The fourth-order valence-corrected chi connectivity index (χ4v) is 2.75. The molecule has 8 heteroatoms. The van der Waals surface area contributed by atoms with E-state index >= 15 is 0 Å². The van der Waals surface area contributed by atoms with Gasteiger partial charge in [0.15, 0.2) is 5.78 Å². The molecule has 1 fully saturated rings. The summed E-state index contributed by atoms with van der Waals surface area (Å²) in [5, 5.41) is 10.7. The summed E-state index contributed by atoms with van der Waals surface area (Å²) in [7, 11) is 0. The fraction of sp³-hybridized carbons (Fsp3) is 0.562. The van der Waals surface area contributed by atoms with Crippen molar-refractivity contribution in [2.75, 3.05) is 39.3 Å². The molecule has 0 radical (unpaired) electrons. The van der Waals surface area contributed by atoms with Crippen LogP contribution in [0.3, 0.4) is 0 Å². The van der Waals surface area contributed by atoms with Gasteiger partial charge in [-0.3, -0.25) is 14.9 Å². The standard InChI is InChI=1S/C16H23N3O3.2ClH/c1-2-7-17-9-11-18(12-10-17)8-6-16(20)14-4-3-5-15(13-14)19(21)22;;/h3-5,13H,2,6-12H2,1H3;2*1H. The molecule has 1 heterocycles. The van der Waals surface area contributed by atoms with Crippen LogP contribution in [0.5, 0.6) is 0 Å². The minimum Gasteiger partial charge on any atom is -0.301 e. The summed E-state index contributed by atoms with van der Waals surface area (Å²) >= 11 is 0. The topological polar surface area (TPSA) is 66.7 Å². The van der Waals surface area contributed by atoms with Gasteiger partial charge in [0.05, 0.1) is 4.92 Å². The molecule has 0 amide bonds. The van der Waals surface area contributed by atoms with Crippen molar-refractivity contribution in [1.29, 1.82) is 0 Å². The predicted molar refractivity (Wildman–Crippen MR) is 99.7 cm³/mol. The molecule has 0 saturated carbocycles. The monoisotopic (exact) mass is 377 g/mol. The van der Waals surface area contributed by atoms with Crippen LogP contribution in [-0.2, 0) is 0 Å². The van der Waals surface area contributed by atoms with Crippen LogP contribution in [0, 0.1) is 10.1 Å². The van der Waals surface area contributed by atoms with Crippen LogP contribution in [-0.4, -0.2) is 59.8 Å². The first-order valence-electron chi connectivity index (χ1n) is 7.82. The Bertz CT molecular complexity index is 535. The molecule has 0 aliphatic carbocycles. The third-order valence-corrected chi connectivity index (χ3v) is 4.04. The van der Waals surface area contributed by atoms with Crippen LogP contribution >= 0.6 is 24.8 Å². The number of halogens is 2. The minimum absolute atomic E-state index is 0. The van der Waals surface area contributed by atoms with Crippen molar-refractivity contribution in [2.45, 2.75) is 19.8 Å². The number of ketones is 1. The zero-order chi connectivity index (χ0) is 15.9. The third kappa shape index (κ3) is 6.73. The van der Waals surface area contributed by atoms with Crippen LogP contribution in [0.25, 0.3) is 0 Å². The highest BCUT2D eigenvalue weighted by Gasteiger charge is 2.17. The number of carbonyl (C=O) groups excluding carboxylic acids is 1. The molecule has 24 heavy (non-hydrogen) atoms. The zero-order valence-corrected chi connectivity index (χ0v) is 15.5. The number of nitro groups is 1.